The van der Waals surface area contributed by atoms with E-state index in [1.54, 1.807) is 13.0 Å². The first-order valence-corrected chi connectivity index (χ1v) is 4.54. The highest BCUT2D eigenvalue weighted by Gasteiger charge is 2.18. The van der Waals surface area contributed by atoms with Gasteiger partial charge in [-0.2, -0.15) is 5.26 Å². The molecule has 0 aliphatic rings. The molecule has 0 radical (unpaired) electrons. The van der Waals surface area contributed by atoms with Gasteiger partial charge in [0, 0.05) is 0 Å². The van der Waals surface area contributed by atoms with Gasteiger partial charge in [-0.3, -0.25) is 0 Å². The van der Waals surface area contributed by atoms with Crippen molar-refractivity contribution in [2.75, 3.05) is 6.61 Å². The van der Waals surface area contributed by atoms with Gasteiger partial charge in [0.2, 0.25) is 0 Å². The van der Waals surface area contributed by atoms with Gasteiger partial charge in [-0.1, -0.05) is 11.6 Å². The predicted molar refractivity (Wildman–Crippen MR) is 52.1 cm³/mol. The molecular formula is C10H7ClFNO2. The predicted octanol–water partition coefficient (Wildman–Crippen LogP) is 2.53. The minimum atomic E-state index is -0.850. The Hall–Kier alpha value is -1.60. The van der Waals surface area contributed by atoms with Crippen molar-refractivity contribution in [2.24, 2.45) is 0 Å². The van der Waals surface area contributed by atoms with E-state index in [4.69, 9.17) is 16.9 Å². The van der Waals surface area contributed by atoms with Gasteiger partial charge in [0.25, 0.3) is 0 Å². The normalized spacial score (nSPS) is 9.47. The SMILES string of the molecule is CCOC(=O)c1c(F)cc(C#N)cc1Cl. The summed E-state index contributed by atoms with van der Waals surface area (Å²) in [7, 11) is 0. The third kappa shape index (κ3) is 2.45. The summed E-state index contributed by atoms with van der Waals surface area (Å²) in [6, 6.07) is 3.89. The van der Waals surface area contributed by atoms with E-state index in [9.17, 15) is 9.18 Å². The standard InChI is InChI=1S/C10H7ClFNO2/c1-2-15-10(14)9-7(11)3-6(5-13)4-8(9)12/h3-4H,2H2,1H3. The number of hydrogen-bond acceptors (Lipinski definition) is 3. The number of hydrogen-bond donors (Lipinski definition) is 0. The Balaban J connectivity index is 3.21. The molecule has 0 atom stereocenters. The first-order chi connectivity index (χ1) is 7.10. The Morgan fingerprint density at radius 3 is 2.80 bits per heavy atom. The average Bonchev–Trinajstić information content (AvgIpc) is 2.16. The molecule has 0 spiro atoms. The third-order valence-corrected chi connectivity index (χ3v) is 1.95. The topological polar surface area (TPSA) is 50.1 Å². The lowest BCUT2D eigenvalue weighted by Crippen LogP contribution is -2.08. The van der Waals surface area contributed by atoms with Crippen LogP contribution in [0.3, 0.4) is 0 Å². The van der Waals surface area contributed by atoms with E-state index < -0.39 is 11.8 Å². The monoisotopic (exact) mass is 227 g/mol. The van der Waals surface area contributed by atoms with E-state index in [0.29, 0.717) is 0 Å². The fourth-order valence-corrected chi connectivity index (χ4v) is 1.32. The molecule has 0 N–H and O–H groups in total. The number of carbonyl (C=O) groups is 1. The molecule has 0 aliphatic carbocycles. The van der Waals surface area contributed by atoms with Crippen molar-refractivity contribution in [3.8, 4) is 6.07 Å². The number of benzene rings is 1. The van der Waals surface area contributed by atoms with Gasteiger partial charge in [0.1, 0.15) is 11.4 Å². The molecule has 0 aliphatic heterocycles. The molecule has 0 bridgehead atoms. The lowest BCUT2D eigenvalue weighted by Gasteiger charge is -2.05. The van der Waals surface area contributed by atoms with E-state index in [-0.39, 0.29) is 22.8 Å². The molecule has 0 saturated heterocycles. The number of carbonyl (C=O) groups excluding carboxylic acids is 1. The Kier molecular flexibility index (Phi) is 3.64. The molecule has 0 amide bonds. The number of nitrogens with zero attached hydrogens (tertiary/aromatic N) is 1. The van der Waals surface area contributed by atoms with Gasteiger partial charge in [-0.25, -0.2) is 9.18 Å². The molecular weight excluding hydrogens is 221 g/mol. The van der Waals surface area contributed by atoms with Crippen molar-refractivity contribution in [2.45, 2.75) is 6.92 Å². The Bertz CT molecular complexity index is 417. The van der Waals surface area contributed by atoms with Crippen LogP contribution in [0.1, 0.15) is 22.8 Å². The van der Waals surface area contributed by atoms with Crippen LogP contribution in [0.25, 0.3) is 0 Å². The smallest absolute Gasteiger partial charge is 0.342 e. The van der Waals surface area contributed by atoms with Crippen molar-refractivity contribution in [3.63, 3.8) is 0 Å². The van der Waals surface area contributed by atoms with Gasteiger partial charge in [0.05, 0.1) is 23.3 Å². The third-order valence-electron chi connectivity index (χ3n) is 1.65. The fraction of sp³-hybridized carbons (Fsp3) is 0.200. The van der Waals surface area contributed by atoms with Crippen LogP contribution in [-0.2, 0) is 4.74 Å². The van der Waals surface area contributed by atoms with E-state index in [1.807, 2.05) is 0 Å². The second-order valence-electron chi connectivity index (χ2n) is 2.65. The number of halogens is 2. The molecule has 15 heavy (non-hydrogen) atoms. The van der Waals surface area contributed by atoms with Crippen LogP contribution in [0.5, 0.6) is 0 Å². The van der Waals surface area contributed by atoms with E-state index in [1.165, 1.54) is 6.07 Å². The maximum absolute atomic E-state index is 13.3. The van der Waals surface area contributed by atoms with E-state index in [2.05, 4.69) is 4.74 Å². The highest BCUT2D eigenvalue weighted by Crippen LogP contribution is 2.22. The zero-order valence-corrected chi connectivity index (χ0v) is 8.64. The zero-order chi connectivity index (χ0) is 11.4. The van der Waals surface area contributed by atoms with Crippen molar-refractivity contribution >= 4 is 17.6 Å². The molecule has 5 heteroatoms. The number of esters is 1. The van der Waals surface area contributed by atoms with Crippen molar-refractivity contribution < 1.29 is 13.9 Å². The van der Waals surface area contributed by atoms with Crippen LogP contribution in [0, 0.1) is 17.1 Å². The first-order valence-electron chi connectivity index (χ1n) is 4.16. The molecule has 0 saturated carbocycles. The number of rotatable bonds is 2. The van der Waals surface area contributed by atoms with Crippen molar-refractivity contribution in [1.82, 2.24) is 0 Å². The highest BCUT2D eigenvalue weighted by molar-refractivity contribution is 6.33. The largest absolute Gasteiger partial charge is 0.462 e. The van der Waals surface area contributed by atoms with Crippen LogP contribution in [0.15, 0.2) is 12.1 Å². The lowest BCUT2D eigenvalue weighted by atomic mass is 10.1. The summed E-state index contributed by atoms with van der Waals surface area (Å²) in [5, 5.41) is 8.41. The van der Waals surface area contributed by atoms with Crippen molar-refractivity contribution in [3.05, 3.63) is 34.1 Å². The maximum atomic E-state index is 13.3. The highest BCUT2D eigenvalue weighted by atomic mass is 35.5. The summed E-state index contributed by atoms with van der Waals surface area (Å²) in [6.07, 6.45) is 0. The van der Waals surface area contributed by atoms with Crippen LogP contribution in [-0.4, -0.2) is 12.6 Å². The Morgan fingerprint density at radius 2 is 2.33 bits per heavy atom. The summed E-state index contributed by atoms with van der Waals surface area (Å²) in [5.74, 6) is -1.68. The molecule has 78 valence electrons. The average molecular weight is 228 g/mol. The molecule has 0 fully saturated rings. The summed E-state index contributed by atoms with van der Waals surface area (Å²) >= 11 is 5.65. The maximum Gasteiger partial charge on any atom is 0.342 e. The number of nitriles is 1. The van der Waals surface area contributed by atoms with Gasteiger partial charge in [0.15, 0.2) is 0 Å². The lowest BCUT2D eigenvalue weighted by molar-refractivity contribution is 0.0521. The molecule has 1 aromatic rings. The van der Waals surface area contributed by atoms with Gasteiger partial charge < -0.3 is 4.74 Å². The second kappa shape index (κ2) is 4.76. The minimum Gasteiger partial charge on any atom is -0.462 e. The zero-order valence-electron chi connectivity index (χ0n) is 7.88. The summed E-state index contributed by atoms with van der Waals surface area (Å²) in [4.78, 5) is 11.3. The molecule has 0 heterocycles. The molecule has 1 aromatic carbocycles. The Labute approximate surface area is 91.0 Å². The summed E-state index contributed by atoms with van der Waals surface area (Å²) in [6.45, 7) is 1.74. The van der Waals surface area contributed by atoms with E-state index >= 15 is 0 Å². The van der Waals surface area contributed by atoms with Crippen LogP contribution in [0.4, 0.5) is 4.39 Å². The Morgan fingerprint density at radius 1 is 1.67 bits per heavy atom. The summed E-state index contributed by atoms with van der Waals surface area (Å²) in [5.41, 5.74) is -0.275. The van der Waals surface area contributed by atoms with Gasteiger partial charge in [-0.05, 0) is 19.1 Å². The van der Waals surface area contributed by atoms with Gasteiger partial charge >= 0.3 is 5.97 Å². The molecule has 3 nitrogen and oxygen atoms in total. The van der Waals surface area contributed by atoms with Crippen LogP contribution < -0.4 is 0 Å². The quantitative estimate of drug-likeness (QED) is 0.730. The fourth-order valence-electron chi connectivity index (χ4n) is 1.04. The second-order valence-corrected chi connectivity index (χ2v) is 3.05. The summed E-state index contributed by atoms with van der Waals surface area (Å²) < 4.78 is 18.0. The van der Waals surface area contributed by atoms with Crippen LogP contribution >= 0.6 is 11.6 Å². The number of ether oxygens (including phenoxy) is 1. The van der Waals surface area contributed by atoms with E-state index in [0.717, 1.165) is 6.07 Å². The first kappa shape index (κ1) is 11.5. The molecule has 0 unspecified atom stereocenters. The van der Waals surface area contributed by atoms with Crippen molar-refractivity contribution in [1.29, 1.82) is 5.26 Å². The minimum absolute atomic E-state index is 0.0607. The van der Waals surface area contributed by atoms with Gasteiger partial charge in [-0.15, -0.1) is 0 Å². The molecule has 1 rings (SSSR count). The molecule has 0 aromatic heterocycles. The van der Waals surface area contributed by atoms with Crippen LogP contribution in [0.2, 0.25) is 5.02 Å².